The van der Waals surface area contributed by atoms with Gasteiger partial charge in [0.15, 0.2) is 0 Å². The van der Waals surface area contributed by atoms with E-state index in [4.69, 9.17) is 10.5 Å². The number of hydrogen-bond donors (Lipinski definition) is 2. The average molecular weight is 225 g/mol. The maximum Gasteiger partial charge on any atom is 0.0707 e. The summed E-state index contributed by atoms with van der Waals surface area (Å²) >= 11 is 0. The standard InChI is InChI=1S/C13H23NO2/c14-11-8-13(15,9-11)10-3-6-16-12(7-10)4-1-2-5-12/h10-11,15H,1-9,14H2. The van der Waals surface area contributed by atoms with Crippen molar-refractivity contribution in [3.63, 3.8) is 0 Å². The first-order valence-corrected chi connectivity index (χ1v) is 6.74. The Hall–Kier alpha value is -0.120. The van der Waals surface area contributed by atoms with Crippen LogP contribution in [0, 0.1) is 5.92 Å². The third kappa shape index (κ3) is 1.69. The second-order valence-electron chi connectivity index (χ2n) is 6.20. The first-order valence-electron chi connectivity index (χ1n) is 6.74. The van der Waals surface area contributed by atoms with E-state index in [1.165, 1.54) is 25.7 Å². The predicted octanol–water partition coefficient (Wildman–Crippen LogP) is 1.58. The highest BCUT2D eigenvalue weighted by molar-refractivity contribution is 5.05. The van der Waals surface area contributed by atoms with Gasteiger partial charge in [-0.2, -0.15) is 0 Å². The van der Waals surface area contributed by atoms with Crippen molar-refractivity contribution in [2.75, 3.05) is 6.61 Å². The van der Waals surface area contributed by atoms with Gasteiger partial charge in [0.1, 0.15) is 0 Å². The molecular formula is C13H23NO2. The smallest absolute Gasteiger partial charge is 0.0707 e. The molecule has 0 radical (unpaired) electrons. The van der Waals surface area contributed by atoms with E-state index in [0.717, 1.165) is 32.3 Å². The van der Waals surface area contributed by atoms with Crippen LogP contribution < -0.4 is 5.73 Å². The lowest BCUT2D eigenvalue weighted by molar-refractivity contribution is -0.168. The molecular weight excluding hydrogens is 202 g/mol. The van der Waals surface area contributed by atoms with Crippen molar-refractivity contribution in [2.24, 2.45) is 11.7 Å². The van der Waals surface area contributed by atoms with Gasteiger partial charge in [0.25, 0.3) is 0 Å². The fourth-order valence-electron chi connectivity index (χ4n) is 4.04. The van der Waals surface area contributed by atoms with Crippen molar-refractivity contribution in [3.05, 3.63) is 0 Å². The van der Waals surface area contributed by atoms with E-state index in [-0.39, 0.29) is 11.6 Å². The third-order valence-electron chi connectivity index (χ3n) is 5.00. The topological polar surface area (TPSA) is 55.5 Å². The summed E-state index contributed by atoms with van der Waals surface area (Å²) < 4.78 is 6.00. The quantitative estimate of drug-likeness (QED) is 0.712. The first kappa shape index (κ1) is 11.0. The van der Waals surface area contributed by atoms with Gasteiger partial charge in [-0.3, -0.25) is 0 Å². The van der Waals surface area contributed by atoms with Crippen LogP contribution in [0.25, 0.3) is 0 Å². The number of rotatable bonds is 1. The van der Waals surface area contributed by atoms with Crippen molar-refractivity contribution in [3.8, 4) is 0 Å². The van der Waals surface area contributed by atoms with Crippen LogP contribution in [0.4, 0.5) is 0 Å². The Morgan fingerprint density at radius 2 is 1.81 bits per heavy atom. The summed E-state index contributed by atoms with van der Waals surface area (Å²) in [5.74, 6) is 0.430. The van der Waals surface area contributed by atoms with Crippen molar-refractivity contribution >= 4 is 0 Å². The molecule has 1 saturated heterocycles. The molecule has 3 rings (SSSR count). The van der Waals surface area contributed by atoms with Crippen LogP contribution in [0.3, 0.4) is 0 Å². The third-order valence-corrected chi connectivity index (χ3v) is 5.00. The fourth-order valence-corrected chi connectivity index (χ4v) is 4.04. The minimum Gasteiger partial charge on any atom is -0.389 e. The molecule has 1 atom stereocenters. The molecule has 3 nitrogen and oxygen atoms in total. The van der Waals surface area contributed by atoms with E-state index >= 15 is 0 Å². The molecule has 3 aliphatic rings. The molecule has 3 fully saturated rings. The zero-order valence-electron chi connectivity index (χ0n) is 9.95. The molecule has 1 unspecified atom stereocenters. The summed E-state index contributed by atoms with van der Waals surface area (Å²) in [5, 5.41) is 10.5. The Labute approximate surface area is 97.3 Å². The summed E-state index contributed by atoms with van der Waals surface area (Å²) in [4.78, 5) is 0. The number of nitrogens with two attached hydrogens (primary N) is 1. The van der Waals surface area contributed by atoms with Crippen molar-refractivity contribution in [1.29, 1.82) is 0 Å². The second-order valence-corrected chi connectivity index (χ2v) is 6.20. The van der Waals surface area contributed by atoms with Gasteiger partial charge in [0, 0.05) is 12.6 Å². The van der Waals surface area contributed by atoms with E-state index in [1.54, 1.807) is 0 Å². The van der Waals surface area contributed by atoms with Gasteiger partial charge in [-0.15, -0.1) is 0 Å². The molecule has 0 aromatic heterocycles. The Balaban J connectivity index is 1.68. The van der Waals surface area contributed by atoms with Gasteiger partial charge in [-0.25, -0.2) is 0 Å². The van der Waals surface area contributed by atoms with Crippen molar-refractivity contribution in [1.82, 2.24) is 0 Å². The predicted molar refractivity (Wildman–Crippen MR) is 62.0 cm³/mol. The molecule has 2 aliphatic carbocycles. The van der Waals surface area contributed by atoms with Crippen molar-refractivity contribution < 1.29 is 9.84 Å². The Morgan fingerprint density at radius 3 is 2.44 bits per heavy atom. The summed E-state index contributed by atoms with van der Waals surface area (Å²) in [6.07, 6.45) is 8.68. The lowest BCUT2D eigenvalue weighted by atomic mass is 9.63. The molecule has 3 heteroatoms. The monoisotopic (exact) mass is 225 g/mol. The molecule has 1 heterocycles. The number of hydrogen-bond acceptors (Lipinski definition) is 3. The average Bonchev–Trinajstić information content (AvgIpc) is 2.64. The molecule has 3 N–H and O–H groups in total. The number of aliphatic hydroxyl groups is 1. The Kier molecular flexibility index (Phi) is 2.54. The second kappa shape index (κ2) is 3.69. The van der Waals surface area contributed by atoms with Crippen LogP contribution in [0.15, 0.2) is 0 Å². The lowest BCUT2D eigenvalue weighted by Gasteiger charge is -2.51. The Morgan fingerprint density at radius 1 is 1.12 bits per heavy atom. The summed E-state index contributed by atoms with van der Waals surface area (Å²) in [6, 6.07) is 0.229. The van der Waals surface area contributed by atoms with Crippen LogP contribution in [-0.2, 0) is 4.74 Å². The minimum absolute atomic E-state index is 0.123. The van der Waals surface area contributed by atoms with Crippen LogP contribution in [0.1, 0.15) is 51.4 Å². The van der Waals surface area contributed by atoms with Crippen LogP contribution >= 0.6 is 0 Å². The van der Waals surface area contributed by atoms with Gasteiger partial charge in [0.05, 0.1) is 11.2 Å². The van der Waals surface area contributed by atoms with E-state index < -0.39 is 5.60 Å². The lowest BCUT2D eigenvalue weighted by Crippen LogP contribution is -2.58. The van der Waals surface area contributed by atoms with Gasteiger partial charge < -0.3 is 15.6 Å². The van der Waals surface area contributed by atoms with Gasteiger partial charge >= 0.3 is 0 Å². The first-order chi connectivity index (χ1) is 7.62. The summed E-state index contributed by atoms with van der Waals surface area (Å²) in [7, 11) is 0. The largest absolute Gasteiger partial charge is 0.389 e. The highest BCUT2D eigenvalue weighted by Crippen LogP contribution is 2.49. The van der Waals surface area contributed by atoms with Crippen molar-refractivity contribution in [2.45, 2.75) is 68.6 Å². The molecule has 0 bridgehead atoms. The van der Waals surface area contributed by atoms with E-state index in [2.05, 4.69) is 0 Å². The highest BCUT2D eigenvalue weighted by atomic mass is 16.5. The maximum absolute atomic E-state index is 10.5. The molecule has 2 saturated carbocycles. The molecule has 16 heavy (non-hydrogen) atoms. The SMILES string of the molecule is NC1CC(O)(C2CCOC3(CCCC3)C2)C1. The van der Waals surface area contributed by atoms with Crippen LogP contribution in [-0.4, -0.2) is 29.0 Å². The molecule has 1 spiro atoms. The van der Waals surface area contributed by atoms with Gasteiger partial charge in [0.2, 0.25) is 0 Å². The number of ether oxygens (including phenoxy) is 1. The highest BCUT2D eigenvalue weighted by Gasteiger charge is 2.51. The van der Waals surface area contributed by atoms with E-state index in [9.17, 15) is 5.11 Å². The van der Waals surface area contributed by atoms with Crippen LogP contribution in [0.5, 0.6) is 0 Å². The minimum atomic E-state index is -0.460. The van der Waals surface area contributed by atoms with E-state index in [0.29, 0.717) is 5.92 Å². The van der Waals surface area contributed by atoms with Crippen LogP contribution in [0.2, 0.25) is 0 Å². The summed E-state index contributed by atoms with van der Waals surface area (Å²) in [6.45, 7) is 0.836. The zero-order valence-corrected chi connectivity index (χ0v) is 9.95. The zero-order chi connectivity index (χ0) is 11.2. The molecule has 0 amide bonds. The van der Waals surface area contributed by atoms with E-state index in [1.807, 2.05) is 0 Å². The molecule has 0 aromatic rings. The normalized spacial score (nSPS) is 46.9. The van der Waals surface area contributed by atoms with Gasteiger partial charge in [-0.05, 0) is 44.4 Å². The maximum atomic E-state index is 10.5. The molecule has 0 aromatic carbocycles. The Bertz CT molecular complexity index is 267. The molecule has 1 aliphatic heterocycles. The fraction of sp³-hybridized carbons (Fsp3) is 1.00. The molecule has 92 valence electrons. The van der Waals surface area contributed by atoms with Gasteiger partial charge in [-0.1, -0.05) is 12.8 Å². The summed E-state index contributed by atoms with van der Waals surface area (Å²) in [5.41, 5.74) is 5.48.